The van der Waals surface area contributed by atoms with Crippen molar-refractivity contribution in [2.45, 2.75) is 66.3 Å². The molecule has 0 saturated carbocycles. The van der Waals surface area contributed by atoms with Crippen LogP contribution in [0, 0.1) is 19.3 Å². The van der Waals surface area contributed by atoms with Gasteiger partial charge in [-0.1, -0.05) is 20.8 Å². The largest absolute Gasteiger partial charge is 0.493 e. The Bertz CT molecular complexity index is 1300. The number of benzene rings is 1. The molecule has 0 aliphatic heterocycles. The average molecular weight is 500 g/mol. The molecule has 0 spiro atoms. The molecule has 0 atom stereocenters. The van der Waals surface area contributed by atoms with E-state index in [0.717, 1.165) is 16.7 Å². The van der Waals surface area contributed by atoms with Crippen molar-refractivity contribution in [1.29, 1.82) is 5.41 Å². The van der Waals surface area contributed by atoms with Crippen LogP contribution in [-0.2, 0) is 12.0 Å². The first-order valence-corrected chi connectivity index (χ1v) is 12.2. The highest BCUT2D eigenvalue weighted by molar-refractivity contribution is 5.97. The number of rotatable bonds is 11. The highest BCUT2D eigenvalue weighted by Gasteiger charge is 2.25. The third-order valence-corrected chi connectivity index (χ3v) is 6.04. The summed E-state index contributed by atoms with van der Waals surface area (Å²) in [6, 6.07) is 3.50. The van der Waals surface area contributed by atoms with Gasteiger partial charge in [0.25, 0.3) is 0 Å². The molecule has 0 radical (unpaired) electrons. The monoisotopic (exact) mass is 499 g/mol. The van der Waals surface area contributed by atoms with Crippen LogP contribution in [0.5, 0.6) is 17.4 Å². The molecule has 3 rings (SSSR count). The Hall–Kier alpha value is -3.40. The number of fused-ring (bicyclic) bond motifs is 1. The lowest BCUT2D eigenvalue weighted by Crippen LogP contribution is -2.27. The summed E-state index contributed by atoms with van der Waals surface area (Å²) in [6.07, 6.45) is 1.30. The molecular formula is C26H37N5O5. The van der Waals surface area contributed by atoms with Crippen molar-refractivity contribution < 1.29 is 24.1 Å². The number of aryl methyl sites for hydroxylation is 1. The van der Waals surface area contributed by atoms with Gasteiger partial charge in [-0.15, -0.1) is 10.2 Å². The van der Waals surface area contributed by atoms with Crippen molar-refractivity contribution in [2.75, 3.05) is 26.9 Å². The van der Waals surface area contributed by atoms with E-state index in [0.29, 0.717) is 54.6 Å². The smallest absolute Gasteiger partial charge is 0.242 e. The molecule has 0 amide bonds. The van der Waals surface area contributed by atoms with E-state index in [2.05, 4.69) is 10.2 Å². The third-order valence-electron chi connectivity index (χ3n) is 6.04. The van der Waals surface area contributed by atoms with E-state index in [1.54, 1.807) is 13.2 Å². The Labute approximate surface area is 211 Å². The molecule has 36 heavy (non-hydrogen) atoms. The second-order valence-electron chi connectivity index (χ2n) is 9.71. The van der Waals surface area contributed by atoms with Crippen molar-refractivity contribution in [3.8, 4) is 17.4 Å². The summed E-state index contributed by atoms with van der Waals surface area (Å²) in [7, 11) is 1.58. The topological polar surface area (TPSA) is 124 Å². The van der Waals surface area contributed by atoms with Gasteiger partial charge in [-0.25, -0.2) is 4.68 Å². The summed E-state index contributed by atoms with van der Waals surface area (Å²) in [6.45, 7) is 12.6. The molecule has 0 aliphatic carbocycles. The highest BCUT2D eigenvalue weighted by Crippen LogP contribution is 2.40. The molecule has 10 nitrogen and oxygen atoms in total. The zero-order valence-corrected chi connectivity index (χ0v) is 22.3. The molecule has 2 heterocycles. The number of aromatic nitrogens is 4. The molecule has 0 saturated heterocycles. The average Bonchev–Trinajstić information content (AvgIpc) is 3.14. The van der Waals surface area contributed by atoms with Crippen LogP contribution >= 0.6 is 0 Å². The number of ketones is 1. The maximum Gasteiger partial charge on any atom is 0.242 e. The predicted molar refractivity (Wildman–Crippen MR) is 135 cm³/mol. The van der Waals surface area contributed by atoms with Crippen molar-refractivity contribution in [1.82, 2.24) is 19.4 Å². The summed E-state index contributed by atoms with van der Waals surface area (Å²) in [4.78, 5) is 13.4. The highest BCUT2D eigenvalue weighted by atomic mass is 16.5. The van der Waals surface area contributed by atoms with Crippen LogP contribution in [0.2, 0.25) is 0 Å². The predicted octanol–water partition coefficient (Wildman–Crippen LogP) is 3.37. The van der Waals surface area contributed by atoms with E-state index in [1.807, 2.05) is 47.6 Å². The fourth-order valence-corrected chi connectivity index (χ4v) is 3.88. The van der Waals surface area contributed by atoms with Gasteiger partial charge in [-0.05, 0) is 51.2 Å². The summed E-state index contributed by atoms with van der Waals surface area (Å²) in [5.74, 6) is 1.29. The first kappa shape index (κ1) is 27.2. The van der Waals surface area contributed by atoms with Crippen LogP contribution < -0.4 is 19.8 Å². The normalized spacial score (nSPS) is 11.7. The second-order valence-corrected chi connectivity index (χ2v) is 9.71. The van der Waals surface area contributed by atoms with Gasteiger partial charge in [-0.3, -0.25) is 10.2 Å². The number of aliphatic hydroxyl groups excluding tert-OH is 1. The van der Waals surface area contributed by atoms with Gasteiger partial charge >= 0.3 is 0 Å². The minimum Gasteiger partial charge on any atom is -0.493 e. The van der Waals surface area contributed by atoms with Crippen molar-refractivity contribution >= 4 is 11.4 Å². The second kappa shape index (κ2) is 11.1. The molecule has 0 unspecified atom stereocenters. The van der Waals surface area contributed by atoms with E-state index >= 15 is 0 Å². The van der Waals surface area contributed by atoms with Gasteiger partial charge < -0.3 is 19.3 Å². The molecule has 1 aromatic carbocycles. The van der Waals surface area contributed by atoms with Crippen LogP contribution in [0.1, 0.15) is 67.6 Å². The Morgan fingerprint density at radius 3 is 2.44 bits per heavy atom. The maximum atomic E-state index is 13.4. The van der Waals surface area contributed by atoms with Crippen LogP contribution in [0.25, 0.3) is 5.65 Å². The van der Waals surface area contributed by atoms with Crippen molar-refractivity contribution in [2.24, 2.45) is 0 Å². The van der Waals surface area contributed by atoms with Crippen LogP contribution in [0.3, 0.4) is 0 Å². The lowest BCUT2D eigenvalue weighted by atomic mass is 9.84. The van der Waals surface area contributed by atoms with E-state index < -0.39 is 0 Å². The summed E-state index contributed by atoms with van der Waals surface area (Å²) < 4.78 is 20.0. The zero-order chi connectivity index (χ0) is 26.6. The van der Waals surface area contributed by atoms with E-state index in [4.69, 9.17) is 24.7 Å². The molecular weight excluding hydrogens is 462 g/mol. The number of nitrogens with one attached hydrogen (secondary N) is 1. The fraction of sp³-hybridized carbons (Fsp3) is 0.538. The number of nitrogens with zero attached hydrogens (tertiary/aromatic N) is 4. The van der Waals surface area contributed by atoms with Crippen LogP contribution in [0.15, 0.2) is 12.1 Å². The van der Waals surface area contributed by atoms with Gasteiger partial charge in [0.2, 0.25) is 11.5 Å². The van der Waals surface area contributed by atoms with Crippen LogP contribution in [0.4, 0.5) is 0 Å². The van der Waals surface area contributed by atoms with Gasteiger partial charge in [0, 0.05) is 28.9 Å². The summed E-state index contributed by atoms with van der Waals surface area (Å²) >= 11 is 0. The van der Waals surface area contributed by atoms with Gasteiger partial charge in [-0.2, -0.15) is 4.52 Å². The van der Waals surface area contributed by atoms with Crippen molar-refractivity contribution in [3.63, 3.8) is 0 Å². The van der Waals surface area contributed by atoms with Gasteiger partial charge in [0.15, 0.2) is 22.9 Å². The number of ether oxygens (including phenoxy) is 3. The van der Waals surface area contributed by atoms with Crippen LogP contribution in [-0.4, -0.2) is 57.2 Å². The molecule has 2 N–H and O–H groups in total. The number of hydrogen-bond acceptors (Lipinski definition) is 8. The Balaban J connectivity index is 2.02. The lowest BCUT2D eigenvalue weighted by Gasteiger charge is -2.25. The molecule has 196 valence electrons. The summed E-state index contributed by atoms with van der Waals surface area (Å²) in [5, 5.41) is 26.6. The number of carbonyl (C=O) groups is 1. The van der Waals surface area contributed by atoms with E-state index in [1.165, 1.54) is 9.20 Å². The van der Waals surface area contributed by atoms with Gasteiger partial charge in [0.1, 0.15) is 6.54 Å². The minimum atomic E-state index is -0.310. The summed E-state index contributed by atoms with van der Waals surface area (Å²) in [5.41, 5.74) is 3.15. The van der Waals surface area contributed by atoms with E-state index in [-0.39, 0.29) is 30.0 Å². The molecule has 3 aromatic rings. The number of carbonyl (C=O) groups excluding carboxylic acids is 1. The minimum absolute atomic E-state index is 0.0209. The first-order valence-electron chi connectivity index (χ1n) is 12.2. The lowest BCUT2D eigenvalue weighted by molar-refractivity contribution is 0.0964. The Morgan fingerprint density at radius 1 is 1.11 bits per heavy atom. The Morgan fingerprint density at radius 2 is 1.83 bits per heavy atom. The number of Topliss-reactive ketones (excluding diaryl/α,β-unsaturated/α-hetero) is 1. The SMILES string of the molecule is CCOc1nn2c(=N)n(CC(=O)c3cc(OCCCCO)c(OC)c(C(C)(C)C)c3)nc2c(C)c1C. The van der Waals surface area contributed by atoms with Gasteiger partial charge in [0.05, 0.1) is 20.3 Å². The quantitative estimate of drug-likeness (QED) is 0.306. The molecule has 0 fully saturated rings. The number of unbranched alkanes of at least 4 members (excludes halogenated alkanes) is 1. The first-order chi connectivity index (χ1) is 17.0. The van der Waals surface area contributed by atoms with E-state index in [9.17, 15) is 4.79 Å². The molecule has 0 bridgehead atoms. The molecule has 0 aliphatic rings. The number of methoxy groups -OCH3 is 1. The maximum absolute atomic E-state index is 13.4. The number of aliphatic hydroxyl groups is 1. The fourth-order valence-electron chi connectivity index (χ4n) is 3.88. The third kappa shape index (κ3) is 5.53. The molecule has 10 heteroatoms. The van der Waals surface area contributed by atoms with Crippen molar-refractivity contribution in [3.05, 3.63) is 40.0 Å². The Kier molecular flexibility index (Phi) is 8.39. The standard InChI is InChI=1S/C26H37N5O5/c1-8-35-24-17(3)16(2)23-28-30(25(27)31(23)29-24)15-20(33)18-13-19(26(4,5)6)22(34-7)21(14-18)36-12-10-9-11-32/h13-14,27,32H,8-12,15H2,1-7H3. The number of hydrogen-bond donors (Lipinski definition) is 2. The molecule has 2 aromatic heterocycles. The zero-order valence-electron chi connectivity index (χ0n) is 22.3.